The molecule has 1 aliphatic carbocycles. The van der Waals surface area contributed by atoms with Crippen LogP contribution in [0.2, 0.25) is 0 Å². The number of nitrogens with zero attached hydrogens (tertiary/aromatic N) is 1. The first-order valence-corrected chi connectivity index (χ1v) is 10.7. The van der Waals surface area contributed by atoms with Crippen molar-refractivity contribution in [2.45, 2.75) is 36.0 Å². The Kier molecular flexibility index (Phi) is 5.76. The largest absolute Gasteiger partial charge is 0.495 e. The van der Waals surface area contributed by atoms with E-state index in [0.717, 1.165) is 35.6 Å². The fourth-order valence-electron chi connectivity index (χ4n) is 3.79. The van der Waals surface area contributed by atoms with Crippen LogP contribution in [0.5, 0.6) is 5.75 Å². The maximum absolute atomic E-state index is 13.3. The Morgan fingerprint density at radius 3 is 2.29 bits per heavy atom. The van der Waals surface area contributed by atoms with Gasteiger partial charge in [0.05, 0.1) is 12.5 Å². The number of methoxy groups -OCH3 is 1. The SMILES string of the molecule is COc1ccc(NC(=O)C2(c3ccccc3)CCCC2)cc1S(=O)(=O)N(C)C. The van der Waals surface area contributed by atoms with Gasteiger partial charge in [-0.2, -0.15) is 0 Å². The summed E-state index contributed by atoms with van der Waals surface area (Å²) in [5, 5.41) is 2.95. The van der Waals surface area contributed by atoms with E-state index >= 15 is 0 Å². The molecule has 1 saturated carbocycles. The number of benzene rings is 2. The molecule has 0 bridgehead atoms. The molecule has 0 unspecified atom stereocenters. The lowest BCUT2D eigenvalue weighted by atomic mass is 9.78. The van der Waals surface area contributed by atoms with E-state index in [1.807, 2.05) is 30.3 Å². The lowest BCUT2D eigenvalue weighted by molar-refractivity contribution is -0.121. The van der Waals surface area contributed by atoms with Crippen LogP contribution < -0.4 is 10.1 Å². The summed E-state index contributed by atoms with van der Waals surface area (Å²) in [5.41, 5.74) is 0.856. The highest BCUT2D eigenvalue weighted by molar-refractivity contribution is 7.89. The number of anilines is 1. The Hall–Kier alpha value is -2.38. The second-order valence-corrected chi connectivity index (χ2v) is 9.38. The Balaban J connectivity index is 1.96. The molecule has 0 saturated heterocycles. The summed E-state index contributed by atoms with van der Waals surface area (Å²) >= 11 is 0. The molecule has 1 aliphatic rings. The van der Waals surface area contributed by atoms with Gasteiger partial charge in [-0.15, -0.1) is 0 Å². The summed E-state index contributed by atoms with van der Waals surface area (Å²) in [5.74, 6) is 0.139. The molecule has 2 aromatic carbocycles. The van der Waals surface area contributed by atoms with Crippen LogP contribution >= 0.6 is 0 Å². The highest BCUT2D eigenvalue weighted by atomic mass is 32.2. The van der Waals surface area contributed by atoms with Gasteiger partial charge in [0.1, 0.15) is 10.6 Å². The normalized spacial score (nSPS) is 16.1. The Labute approximate surface area is 166 Å². The molecule has 1 fully saturated rings. The molecule has 6 nitrogen and oxygen atoms in total. The highest BCUT2D eigenvalue weighted by Crippen LogP contribution is 2.42. The van der Waals surface area contributed by atoms with E-state index in [1.54, 1.807) is 12.1 Å². The summed E-state index contributed by atoms with van der Waals surface area (Å²) in [7, 11) is 0.637. The lowest BCUT2D eigenvalue weighted by Crippen LogP contribution is -2.38. The van der Waals surface area contributed by atoms with Crippen molar-refractivity contribution in [2.75, 3.05) is 26.5 Å². The molecule has 7 heteroatoms. The summed E-state index contributed by atoms with van der Waals surface area (Å²) in [6.45, 7) is 0. The van der Waals surface area contributed by atoms with Crippen LogP contribution in [0.15, 0.2) is 53.4 Å². The smallest absolute Gasteiger partial charge is 0.246 e. The average molecular weight is 403 g/mol. The Bertz CT molecular complexity index is 950. The number of hydrogen-bond donors (Lipinski definition) is 1. The number of ether oxygens (including phenoxy) is 1. The molecule has 0 aliphatic heterocycles. The van der Waals surface area contributed by atoms with Crippen LogP contribution in [0.25, 0.3) is 0 Å². The first kappa shape index (κ1) is 20.4. The van der Waals surface area contributed by atoms with Crippen molar-refractivity contribution in [3.8, 4) is 5.75 Å². The first-order valence-electron chi connectivity index (χ1n) is 9.29. The van der Waals surface area contributed by atoms with E-state index in [2.05, 4.69) is 5.32 Å². The standard InChI is InChI=1S/C21H26N2O4S/c1-23(2)28(25,26)19-15-17(11-12-18(19)27-3)22-20(24)21(13-7-8-14-21)16-9-5-4-6-10-16/h4-6,9-12,15H,7-8,13-14H2,1-3H3,(H,22,24). The van der Waals surface area contributed by atoms with E-state index in [0.29, 0.717) is 5.69 Å². The maximum Gasteiger partial charge on any atom is 0.246 e. The van der Waals surface area contributed by atoms with Gasteiger partial charge in [0.15, 0.2) is 0 Å². The van der Waals surface area contributed by atoms with Crippen LogP contribution in [0.3, 0.4) is 0 Å². The Morgan fingerprint density at radius 1 is 1.07 bits per heavy atom. The van der Waals surface area contributed by atoms with Gasteiger partial charge >= 0.3 is 0 Å². The van der Waals surface area contributed by atoms with Gasteiger partial charge in [0.25, 0.3) is 0 Å². The third-order valence-corrected chi connectivity index (χ3v) is 7.23. The van der Waals surface area contributed by atoms with Crippen molar-refractivity contribution in [3.63, 3.8) is 0 Å². The molecule has 3 rings (SSSR count). The van der Waals surface area contributed by atoms with Gasteiger partial charge in [0, 0.05) is 19.8 Å². The molecule has 2 aromatic rings. The number of amides is 1. The molecule has 0 aromatic heterocycles. The van der Waals surface area contributed by atoms with Crippen LogP contribution in [-0.2, 0) is 20.2 Å². The zero-order valence-corrected chi connectivity index (χ0v) is 17.3. The highest BCUT2D eigenvalue weighted by Gasteiger charge is 2.42. The zero-order valence-electron chi connectivity index (χ0n) is 16.4. The van der Waals surface area contributed by atoms with Gasteiger partial charge in [-0.1, -0.05) is 43.2 Å². The molecule has 0 spiro atoms. The Morgan fingerprint density at radius 2 is 1.71 bits per heavy atom. The van der Waals surface area contributed by atoms with Gasteiger partial charge in [-0.3, -0.25) is 4.79 Å². The molecule has 1 amide bonds. The molecular weight excluding hydrogens is 376 g/mol. The predicted octanol–water partition coefficient (Wildman–Crippen LogP) is 3.40. The van der Waals surface area contributed by atoms with E-state index in [-0.39, 0.29) is 16.6 Å². The maximum atomic E-state index is 13.3. The summed E-state index contributed by atoms with van der Waals surface area (Å²) in [6, 6.07) is 14.5. The van der Waals surface area contributed by atoms with Crippen LogP contribution in [0, 0.1) is 0 Å². The number of sulfonamides is 1. The number of nitrogens with one attached hydrogen (secondary N) is 1. The monoisotopic (exact) mass is 402 g/mol. The van der Waals surface area contributed by atoms with Crippen molar-refractivity contribution in [2.24, 2.45) is 0 Å². The zero-order chi connectivity index (χ0) is 20.4. The number of carbonyl (C=O) groups is 1. The molecule has 28 heavy (non-hydrogen) atoms. The predicted molar refractivity (Wildman–Crippen MR) is 109 cm³/mol. The van der Waals surface area contributed by atoms with Crippen molar-refractivity contribution in [1.29, 1.82) is 0 Å². The molecule has 0 heterocycles. The minimum Gasteiger partial charge on any atom is -0.495 e. The summed E-state index contributed by atoms with van der Waals surface area (Å²) in [6.07, 6.45) is 3.54. The molecule has 150 valence electrons. The molecular formula is C21H26N2O4S. The average Bonchev–Trinajstić information content (AvgIpc) is 3.20. The van der Waals surface area contributed by atoms with Gasteiger partial charge in [-0.25, -0.2) is 12.7 Å². The third kappa shape index (κ3) is 3.64. The number of carbonyl (C=O) groups excluding carboxylic acids is 1. The minimum atomic E-state index is -3.71. The summed E-state index contributed by atoms with van der Waals surface area (Å²) in [4.78, 5) is 13.3. The third-order valence-electron chi connectivity index (χ3n) is 5.40. The van der Waals surface area contributed by atoms with Gasteiger partial charge < -0.3 is 10.1 Å². The fraction of sp³-hybridized carbons (Fsp3) is 0.381. The van der Waals surface area contributed by atoms with Crippen molar-refractivity contribution in [1.82, 2.24) is 4.31 Å². The number of hydrogen-bond acceptors (Lipinski definition) is 4. The second-order valence-electron chi connectivity index (χ2n) is 7.26. The van der Waals surface area contributed by atoms with E-state index in [4.69, 9.17) is 4.74 Å². The lowest BCUT2D eigenvalue weighted by Gasteiger charge is -2.28. The van der Waals surface area contributed by atoms with Gasteiger partial charge in [-0.05, 0) is 36.6 Å². The van der Waals surface area contributed by atoms with Gasteiger partial charge in [0.2, 0.25) is 15.9 Å². The quantitative estimate of drug-likeness (QED) is 0.804. The second kappa shape index (κ2) is 7.93. The molecule has 0 radical (unpaired) electrons. The minimum absolute atomic E-state index is 0.0259. The van der Waals surface area contributed by atoms with Crippen LogP contribution in [0.4, 0.5) is 5.69 Å². The van der Waals surface area contributed by atoms with Crippen LogP contribution in [0.1, 0.15) is 31.2 Å². The first-order chi connectivity index (χ1) is 13.3. The topological polar surface area (TPSA) is 75.7 Å². The van der Waals surface area contributed by atoms with E-state index < -0.39 is 15.4 Å². The van der Waals surface area contributed by atoms with Crippen molar-refractivity contribution < 1.29 is 17.9 Å². The number of rotatable bonds is 6. The molecule has 1 N–H and O–H groups in total. The van der Waals surface area contributed by atoms with Crippen LogP contribution in [-0.4, -0.2) is 39.8 Å². The van der Waals surface area contributed by atoms with E-state index in [1.165, 1.54) is 27.3 Å². The summed E-state index contributed by atoms with van der Waals surface area (Å²) < 4.78 is 31.6. The van der Waals surface area contributed by atoms with Crippen molar-refractivity contribution in [3.05, 3.63) is 54.1 Å². The van der Waals surface area contributed by atoms with Crippen molar-refractivity contribution >= 4 is 21.6 Å². The van der Waals surface area contributed by atoms with E-state index in [9.17, 15) is 13.2 Å². The molecule has 0 atom stereocenters. The fourth-order valence-corrected chi connectivity index (χ4v) is 4.86.